The molecule has 0 saturated carbocycles. The zero-order chi connectivity index (χ0) is 14.8. The van der Waals surface area contributed by atoms with Gasteiger partial charge < -0.3 is 14.7 Å². The van der Waals surface area contributed by atoms with E-state index in [2.05, 4.69) is 12.1 Å². The van der Waals surface area contributed by atoms with Crippen LogP contribution in [0.1, 0.15) is 32.3 Å². The summed E-state index contributed by atoms with van der Waals surface area (Å²) in [7, 11) is 0. The van der Waals surface area contributed by atoms with Crippen molar-refractivity contribution in [3.05, 3.63) is 34.9 Å². The number of rotatable bonds is 9. The largest absolute Gasteiger partial charge is 0.393 e. The van der Waals surface area contributed by atoms with Gasteiger partial charge in [-0.25, -0.2) is 0 Å². The molecule has 5 heteroatoms. The number of hydrogen-bond donors (Lipinski definition) is 1. The van der Waals surface area contributed by atoms with Crippen LogP contribution in [-0.2, 0) is 9.57 Å². The summed E-state index contributed by atoms with van der Waals surface area (Å²) in [5.74, 6) is 0. The second kappa shape index (κ2) is 9.75. The first-order valence-corrected chi connectivity index (χ1v) is 7.19. The smallest absolute Gasteiger partial charge is 0.145 e. The normalized spacial score (nSPS) is 13.3. The number of hydrogen-bond acceptors (Lipinski definition) is 4. The summed E-state index contributed by atoms with van der Waals surface area (Å²) in [5, 5.41) is 14.3. The van der Waals surface area contributed by atoms with Crippen molar-refractivity contribution in [1.29, 1.82) is 0 Å². The fraction of sp³-hybridized carbons (Fsp3) is 0.533. The molecule has 0 bridgehead atoms. The minimum atomic E-state index is -0.659. The van der Waals surface area contributed by atoms with Crippen LogP contribution in [0.3, 0.4) is 0 Å². The van der Waals surface area contributed by atoms with Gasteiger partial charge in [-0.2, -0.15) is 0 Å². The summed E-state index contributed by atoms with van der Waals surface area (Å²) in [6, 6.07) is 7.34. The number of nitrogens with zero attached hydrogens (tertiary/aromatic N) is 1. The van der Waals surface area contributed by atoms with Gasteiger partial charge in [-0.05, 0) is 31.0 Å². The first kappa shape index (κ1) is 17.0. The van der Waals surface area contributed by atoms with Gasteiger partial charge in [-0.1, -0.05) is 42.2 Å². The molecule has 1 unspecified atom stereocenters. The molecule has 0 spiro atoms. The maximum atomic E-state index is 9.63. The van der Waals surface area contributed by atoms with E-state index >= 15 is 0 Å². The average Bonchev–Trinajstić information content (AvgIpc) is 2.44. The van der Waals surface area contributed by atoms with Gasteiger partial charge in [-0.3, -0.25) is 0 Å². The highest BCUT2D eigenvalue weighted by molar-refractivity contribution is 6.30. The van der Waals surface area contributed by atoms with Crippen LogP contribution in [0.15, 0.2) is 29.4 Å². The van der Waals surface area contributed by atoms with Crippen molar-refractivity contribution in [3.8, 4) is 0 Å². The molecular weight excluding hydrogens is 278 g/mol. The van der Waals surface area contributed by atoms with Crippen molar-refractivity contribution >= 4 is 17.3 Å². The van der Waals surface area contributed by atoms with Crippen LogP contribution in [-0.4, -0.2) is 36.7 Å². The van der Waals surface area contributed by atoms with E-state index in [-0.39, 0.29) is 13.2 Å². The number of aliphatic hydroxyl groups is 1. The molecule has 1 aromatic carbocycles. The lowest BCUT2D eigenvalue weighted by Gasteiger charge is -2.10. The van der Waals surface area contributed by atoms with Gasteiger partial charge in [0, 0.05) is 11.6 Å². The highest BCUT2D eigenvalue weighted by atomic mass is 35.5. The molecule has 0 radical (unpaired) electrons. The standard InChI is InChI=1S/C15H22ClNO3/c1-3-4-9-19-10-15(18)11-20-17-12(2)13-5-7-14(16)8-6-13/h5-8,15,18H,3-4,9-11H2,1-2H3/b17-12+. The first-order valence-electron chi connectivity index (χ1n) is 6.81. The molecule has 0 aliphatic rings. The number of oxime groups is 1. The summed E-state index contributed by atoms with van der Waals surface area (Å²) in [4.78, 5) is 5.12. The summed E-state index contributed by atoms with van der Waals surface area (Å²) in [5.41, 5.74) is 1.67. The Bertz CT molecular complexity index is 406. The molecule has 1 rings (SSSR count). The van der Waals surface area contributed by atoms with Gasteiger partial charge in [0.15, 0.2) is 0 Å². The van der Waals surface area contributed by atoms with E-state index in [1.54, 1.807) is 12.1 Å². The third-order valence-corrected chi connectivity index (χ3v) is 2.93. The Morgan fingerprint density at radius 1 is 1.30 bits per heavy atom. The molecule has 1 aromatic rings. The molecule has 0 saturated heterocycles. The van der Waals surface area contributed by atoms with Crippen molar-refractivity contribution in [2.75, 3.05) is 19.8 Å². The predicted molar refractivity (Wildman–Crippen MR) is 81.3 cm³/mol. The molecular formula is C15H22ClNO3. The van der Waals surface area contributed by atoms with Crippen molar-refractivity contribution in [3.63, 3.8) is 0 Å². The summed E-state index contributed by atoms with van der Waals surface area (Å²) in [6.45, 7) is 5.00. The summed E-state index contributed by atoms with van der Waals surface area (Å²) >= 11 is 5.82. The first-order chi connectivity index (χ1) is 9.63. The van der Waals surface area contributed by atoms with Crippen LogP contribution < -0.4 is 0 Å². The molecule has 1 N–H and O–H groups in total. The summed E-state index contributed by atoms with van der Waals surface area (Å²) < 4.78 is 5.30. The summed E-state index contributed by atoms with van der Waals surface area (Å²) in [6.07, 6.45) is 1.42. The van der Waals surface area contributed by atoms with Crippen LogP contribution in [0.2, 0.25) is 5.02 Å². The van der Waals surface area contributed by atoms with Crippen molar-refractivity contribution in [1.82, 2.24) is 0 Å². The number of halogens is 1. The average molecular weight is 300 g/mol. The third-order valence-electron chi connectivity index (χ3n) is 2.68. The lowest BCUT2D eigenvalue weighted by Crippen LogP contribution is -2.21. The van der Waals surface area contributed by atoms with Gasteiger partial charge in [-0.15, -0.1) is 0 Å². The molecule has 112 valence electrons. The van der Waals surface area contributed by atoms with Gasteiger partial charge >= 0.3 is 0 Å². The number of benzene rings is 1. The third kappa shape index (κ3) is 6.89. The van der Waals surface area contributed by atoms with Gasteiger partial charge in [0.25, 0.3) is 0 Å². The van der Waals surface area contributed by atoms with Crippen LogP contribution in [0.25, 0.3) is 0 Å². The molecule has 0 aliphatic carbocycles. The second-order valence-electron chi connectivity index (χ2n) is 4.56. The van der Waals surface area contributed by atoms with Crippen molar-refractivity contribution < 1.29 is 14.7 Å². The van der Waals surface area contributed by atoms with E-state index in [9.17, 15) is 5.11 Å². The second-order valence-corrected chi connectivity index (χ2v) is 5.00. The van der Waals surface area contributed by atoms with E-state index in [1.165, 1.54) is 0 Å². The molecule has 0 amide bonds. The highest BCUT2D eigenvalue weighted by Crippen LogP contribution is 2.10. The molecule has 0 aliphatic heterocycles. The predicted octanol–water partition coefficient (Wildman–Crippen LogP) is 3.26. The fourth-order valence-electron chi connectivity index (χ4n) is 1.48. The molecule has 1 atom stereocenters. The van der Waals surface area contributed by atoms with Crippen LogP contribution >= 0.6 is 11.6 Å². The zero-order valence-corrected chi connectivity index (χ0v) is 12.8. The minimum absolute atomic E-state index is 0.122. The zero-order valence-electron chi connectivity index (χ0n) is 12.0. The topological polar surface area (TPSA) is 51.0 Å². The molecule has 20 heavy (non-hydrogen) atoms. The molecule has 0 aromatic heterocycles. The van der Waals surface area contributed by atoms with E-state index < -0.39 is 6.10 Å². The Morgan fingerprint density at radius 3 is 2.65 bits per heavy atom. The maximum absolute atomic E-state index is 9.63. The highest BCUT2D eigenvalue weighted by Gasteiger charge is 2.05. The molecule has 0 heterocycles. The Morgan fingerprint density at radius 2 is 2.00 bits per heavy atom. The van der Waals surface area contributed by atoms with Gasteiger partial charge in [0.1, 0.15) is 12.7 Å². The number of ether oxygens (including phenoxy) is 1. The Kier molecular flexibility index (Phi) is 8.26. The van der Waals surface area contributed by atoms with Gasteiger partial charge in [0.05, 0.1) is 12.3 Å². The molecule has 0 fully saturated rings. The Labute approximate surface area is 125 Å². The number of aliphatic hydroxyl groups excluding tert-OH is 1. The molecule has 4 nitrogen and oxygen atoms in total. The lowest BCUT2D eigenvalue weighted by molar-refractivity contribution is -0.0180. The Balaban J connectivity index is 2.27. The fourth-order valence-corrected chi connectivity index (χ4v) is 1.60. The SMILES string of the molecule is CCCCOCC(O)CO/N=C(\C)c1ccc(Cl)cc1. The maximum Gasteiger partial charge on any atom is 0.145 e. The van der Waals surface area contributed by atoms with Crippen LogP contribution in [0.5, 0.6) is 0 Å². The number of unbranched alkanes of at least 4 members (excludes halogenated alkanes) is 1. The van der Waals surface area contributed by atoms with Crippen molar-refractivity contribution in [2.24, 2.45) is 5.16 Å². The quantitative estimate of drug-likeness (QED) is 0.432. The lowest BCUT2D eigenvalue weighted by atomic mass is 10.1. The van der Waals surface area contributed by atoms with E-state index in [0.717, 1.165) is 24.1 Å². The van der Waals surface area contributed by atoms with Crippen molar-refractivity contribution in [2.45, 2.75) is 32.8 Å². The van der Waals surface area contributed by atoms with E-state index in [0.29, 0.717) is 11.6 Å². The van der Waals surface area contributed by atoms with Gasteiger partial charge in [0.2, 0.25) is 0 Å². The van der Waals surface area contributed by atoms with E-state index in [1.807, 2.05) is 19.1 Å². The van der Waals surface area contributed by atoms with Crippen LogP contribution in [0.4, 0.5) is 0 Å². The minimum Gasteiger partial charge on any atom is -0.393 e. The Hall–Kier alpha value is -1.10. The van der Waals surface area contributed by atoms with Crippen LogP contribution in [0, 0.1) is 0 Å². The van der Waals surface area contributed by atoms with E-state index in [4.69, 9.17) is 21.2 Å². The monoisotopic (exact) mass is 299 g/mol.